The molecule has 0 fully saturated rings. The zero-order valence-corrected chi connectivity index (χ0v) is 10.2. The Morgan fingerprint density at radius 2 is 1.83 bits per heavy atom. The van der Waals surface area contributed by atoms with Crippen LogP contribution < -0.4 is 10.5 Å². The number of rotatable bonds is 4. The van der Waals surface area contributed by atoms with E-state index in [9.17, 15) is 4.79 Å². The molecule has 0 aromatic heterocycles. The third-order valence-electron chi connectivity index (χ3n) is 2.35. The first-order chi connectivity index (χ1) is 8.49. The van der Waals surface area contributed by atoms with E-state index >= 15 is 0 Å². The van der Waals surface area contributed by atoms with Gasteiger partial charge in [-0.3, -0.25) is 4.79 Å². The molecule has 1 aromatic rings. The van der Waals surface area contributed by atoms with Gasteiger partial charge in [0.1, 0.15) is 5.75 Å². The minimum Gasteiger partial charge on any atom is -0.484 e. The van der Waals surface area contributed by atoms with Crippen molar-refractivity contribution in [1.82, 2.24) is 0 Å². The first-order valence-electron chi connectivity index (χ1n) is 5.38. The maximum absolute atomic E-state index is 10.6. The number of benzene rings is 1. The predicted molar refractivity (Wildman–Crippen MR) is 64.7 cm³/mol. The quantitative estimate of drug-likeness (QED) is 0.864. The van der Waals surface area contributed by atoms with Gasteiger partial charge in [0.15, 0.2) is 6.61 Å². The highest BCUT2D eigenvalue weighted by molar-refractivity contribution is 5.75. The van der Waals surface area contributed by atoms with Crippen molar-refractivity contribution in [2.24, 2.45) is 5.73 Å². The van der Waals surface area contributed by atoms with Crippen LogP contribution in [0.1, 0.15) is 36.5 Å². The molecule has 0 aliphatic heterocycles. The van der Waals surface area contributed by atoms with Crippen molar-refractivity contribution in [1.29, 1.82) is 10.5 Å². The van der Waals surface area contributed by atoms with Crippen LogP contribution in [0.4, 0.5) is 0 Å². The number of nitriles is 2. The molecule has 0 spiro atoms. The van der Waals surface area contributed by atoms with Gasteiger partial charge in [0.05, 0.1) is 23.3 Å². The van der Waals surface area contributed by atoms with Crippen molar-refractivity contribution in [2.45, 2.75) is 19.8 Å². The Balaban J connectivity index is 3.24. The summed E-state index contributed by atoms with van der Waals surface area (Å²) in [4.78, 5) is 10.6. The molecule has 1 aromatic carbocycles. The number of hydrogen-bond acceptors (Lipinski definition) is 4. The summed E-state index contributed by atoms with van der Waals surface area (Å²) in [7, 11) is 0. The van der Waals surface area contributed by atoms with Crippen LogP contribution in [0, 0.1) is 22.7 Å². The molecular weight excluding hydrogens is 230 g/mol. The van der Waals surface area contributed by atoms with Gasteiger partial charge in [-0.1, -0.05) is 13.8 Å². The van der Waals surface area contributed by atoms with E-state index in [2.05, 4.69) is 0 Å². The predicted octanol–water partition coefficient (Wildman–Crippen LogP) is 1.42. The molecule has 0 aliphatic rings. The second-order valence-electron chi connectivity index (χ2n) is 4.07. The lowest BCUT2D eigenvalue weighted by Gasteiger charge is -2.12. The third-order valence-corrected chi connectivity index (χ3v) is 2.35. The van der Waals surface area contributed by atoms with Crippen LogP contribution in [0.2, 0.25) is 0 Å². The van der Waals surface area contributed by atoms with Gasteiger partial charge in [-0.05, 0) is 23.6 Å². The molecule has 92 valence electrons. The van der Waals surface area contributed by atoms with Crippen LogP contribution in [-0.4, -0.2) is 12.5 Å². The van der Waals surface area contributed by atoms with Gasteiger partial charge in [0.2, 0.25) is 0 Å². The highest BCUT2D eigenvalue weighted by Gasteiger charge is 2.14. The maximum Gasteiger partial charge on any atom is 0.255 e. The van der Waals surface area contributed by atoms with Crippen LogP contribution in [0.25, 0.3) is 0 Å². The second-order valence-corrected chi connectivity index (χ2v) is 4.07. The number of carbonyl (C=O) groups excluding carboxylic acids is 1. The fourth-order valence-electron chi connectivity index (χ4n) is 1.67. The zero-order valence-electron chi connectivity index (χ0n) is 10.2. The van der Waals surface area contributed by atoms with Gasteiger partial charge in [-0.25, -0.2) is 0 Å². The van der Waals surface area contributed by atoms with Gasteiger partial charge in [0, 0.05) is 0 Å². The minimum absolute atomic E-state index is 0.0551. The maximum atomic E-state index is 10.6. The second kappa shape index (κ2) is 5.70. The molecule has 5 nitrogen and oxygen atoms in total. The highest BCUT2D eigenvalue weighted by Crippen LogP contribution is 2.28. The summed E-state index contributed by atoms with van der Waals surface area (Å²) in [6.45, 7) is 3.53. The minimum atomic E-state index is -0.611. The Morgan fingerprint density at radius 3 is 2.17 bits per heavy atom. The first-order valence-corrected chi connectivity index (χ1v) is 5.38. The lowest BCUT2D eigenvalue weighted by atomic mass is 9.92. The molecule has 0 unspecified atom stereocenters. The summed E-state index contributed by atoms with van der Waals surface area (Å²) in [5.41, 5.74) is 6.41. The molecule has 0 saturated heterocycles. The average molecular weight is 243 g/mol. The normalized spacial score (nSPS) is 9.61. The van der Waals surface area contributed by atoms with E-state index in [-0.39, 0.29) is 12.5 Å². The lowest BCUT2D eigenvalue weighted by molar-refractivity contribution is -0.119. The van der Waals surface area contributed by atoms with Crippen molar-refractivity contribution in [3.05, 3.63) is 28.8 Å². The number of carbonyl (C=O) groups is 1. The molecule has 0 bridgehead atoms. The number of nitrogens with two attached hydrogens (primary N) is 1. The van der Waals surface area contributed by atoms with Crippen molar-refractivity contribution < 1.29 is 9.53 Å². The van der Waals surface area contributed by atoms with E-state index in [1.165, 1.54) is 12.1 Å². The molecule has 0 heterocycles. The van der Waals surface area contributed by atoms with Crippen molar-refractivity contribution in [3.63, 3.8) is 0 Å². The molecule has 2 N–H and O–H groups in total. The van der Waals surface area contributed by atoms with Crippen molar-refractivity contribution >= 4 is 5.91 Å². The number of nitrogens with zero attached hydrogens (tertiary/aromatic N) is 2. The number of primary amides is 1. The fourth-order valence-corrected chi connectivity index (χ4v) is 1.67. The molecule has 1 rings (SSSR count). The Bertz CT molecular complexity index is 515. The van der Waals surface area contributed by atoms with Crippen molar-refractivity contribution in [2.75, 3.05) is 6.61 Å². The number of amides is 1. The van der Waals surface area contributed by atoms with Gasteiger partial charge in [0.25, 0.3) is 5.91 Å². The topological polar surface area (TPSA) is 99.9 Å². The molecule has 0 aliphatic carbocycles. The van der Waals surface area contributed by atoms with Gasteiger partial charge < -0.3 is 10.5 Å². The van der Waals surface area contributed by atoms with Crippen LogP contribution in [0.5, 0.6) is 5.75 Å². The first kappa shape index (κ1) is 13.5. The van der Waals surface area contributed by atoms with Crippen molar-refractivity contribution in [3.8, 4) is 17.9 Å². The van der Waals surface area contributed by atoms with E-state index in [4.69, 9.17) is 21.0 Å². The van der Waals surface area contributed by atoms with Gasteiger partial charge in [-0.2, -0.15) is 10.5 Å². The number of hydrogen-bond donors (Lipinski definition) is 1. The lowest BCUT2D eigenvalue weighted by Crippen LogP contribution is -2.20. The molecule has 5 heteroatoms. The summed E-state index contributed by atoms with van der Waals surface area (Å²) in [5.74, 6) is -0.259. The largest absolute Gasteiger partial charge is 0.484 e. The molecule has 18 heavy (non-hydrogen) atoms. The fraction of sp³-hybridized carbons (Fsp3) is 0.308. The Labute approximate surface area is 105 Å². The van der Waals surface area contributed by atoms with Crippen LogP contribution in [-0.2, 0) is 4.79 Å². The summed E-state index contributed by atoms with van der Waals surface area (Å²) < 4.78 is 5.11. The van der Waals surface area contributed by atoms with Crippen LogP contribution in [0.3, 0.4) is 0 Å². The molecule has 0 radical (unpaired) electrons. The van der Waals surface area contributed by atoms with E-state index < -0.39 is 5.91 Å². The van der Waals surface area contributed by atoms with E-state index in [0.29, 0.717) is 22.4 Å². The number of ether oxygens (including phenoxy) is 1. The molecular formula is C13H13N3O2. The SMILES string of the molecule is CC(C)c1c(C#N)cc(OCC(N)=O)cc1C#N. The highest BCUT2D eigenvalue weighted by atomic mass is 16.5. The monoisotopic (exact) mass is 243 g/mol. The molecule has 0 atom stereocenters. The Morgan fingerprint density at radius 1 is 1.33 bits per heavy atom. The summed E-state index contributed by atoms with van der Waals surface area (Å²) in [6, 6.07) is 7.09. The Hall–Kier alpha value is -2.53. The van der Waals surface area contributed by atoms with Crippen LogP contribution >= 0.6 is 0 Å². The van der Waals surface area contributed by atoms with Crippen LogP contribution in [0.15, 0.2) is 12.1 Å². The molecule has 1 amide bonds. The standard InChI is InChI=1S/C13H13N3O2/c1-8(2)13-9(5-14)3-11(4-10(13)6-15)18-7-12(16)17/h3-4,8H,7H2,1-2H3,(H2,16,17). The average Bonchev–Trinajstić information content (AvgIpc) is 2.34. The van der Waals surface area contributed by atoms with E-state index in [1.807, 2.05) is 26.0 Å². The third kappa shape index (κ3) is 2.99. The molecule has 0 saturated carbocycles. The van der Waals surface area contributed by atoms with Gasteiger partial charge in [-0.15, -0.1) is 0 Å². The van der Waals surface area contributed by atoms with Gasteiger partial charge >= 0.3 is 0 Å². The zero-order chi connectivity index (χ0) is 13.7. The summed E-state index contributed by atoms with van der Waals surface area (Å²) >= 11 is 0. The summed E-state index contributed by atoms with van der Waals surface area (Å²) in [5, 5.41) is 18.2. The smallest absolute Gasteiger partial charge is 0.255 e. The van der Waals surface area contributed by atoms with E-state index in [1.54, 1.807) is 0 Å². The Kier molecular flexibility index (Phi) is 4.28. The van der Waals surface area contributed by atoms with E-state index in [0.717, 1.165) is 0 Å². The summed E-state index contributed by atoms with van der Waals surface area (Å²) in [6.07, 6.45) is 0.